The second-order valence-electron chi connectivity index (χ2n) is 5.42. The molecule has 0 radical (unpaired) electrons. The third-order valence-electron chi connectivity index (χ3n) is 3.75. The van der Waals surface area contributed by atoms with E-state index >= 15 is 0 Å². The average molecular weight is 402 g/mol. The summed E-state index contributed by atoms with van der Waals surface area (Å²) in [5, 5.41) is -0.0615. The van der Waals surface area contributed by atoms with Gasteiger partial charge in [0.15, 0.2) is 4.32 Å². The number of halogens is 2. The van der Waals surface area contributed by atoms with Crippen LogP contribution in [0.15, 0.2) is 53.7 Å². The highest BCUT2D eigenvalue weighted by molar-refractivity contribution is 8.27. The van der Waals surface area contributed by atoms with Crippen molar-refractivity contribution in [3.63, 3.8) is 0 Å². The van der Waals surface area contributed by atoms with Crippen molar-refractivity contribution >= 4 is 68.6 Å². The van der Waals surface area contributed by atoms with E-state index in [9.17, 15) is 9.18 Å². The number of amides is 1. The molecule has 2 aromatic carbocycles. The number of thioether (sulfide) groups is 1. The molecule has 3 aromatic rings. The molecule has 4 nitrogen and oxygen atoms in total. The number of fused-ring (bicyclic) bond motifs is 1. The second-order valence-corrected chi connectivity index (χ2v) is 7.50. The maximum atomic E-state index is 13.4. The zero-order chi connectivity index (χ0) is 18.3. The lowest BCUT2D eigenvalue weighted by molar-refractivity contribution is -0.113. The van der Waals surface area contributed by atoms with Crippen molar-refractivity contribution in [1.82, 2.24) is 9.97 Å². The van der Waals surface area contributed by atoms with Gasteiger partial charge in [0, 0.05) is 12.4 Å². The van der Waals surface area contributed by atoms with Gasteiger partial charge in [-0.25, -0.2) is 4.39 Å². The molecule has 1 aliphatic rings. The Kier molecular flexibility index (Phi) is 4.44. The van der Waals surface area contributed by atoms with E-state index in [0.29, 0.717) is 14.9 Å². The summed E-state index contributed by atoms with van der Waals surface area (Å²) >= 11 is 12.3. The third-order valence-corrected chi connectivity index (χ3v) is 5.34. The normalized spacial score (nSPS) is 16.1. The molecular formula is C18H9ClFN3OS2. The number of nitrogens with zero attached hydrogens (tertiary/aromatic N) is 3. The Balaban J connectivity index is 1.69. The number of anilines is 1. The van der Waals surface area contributed by atoms with Crippen LogP contribution < -0.4 is 4.90 Å². The van der Waals surface area contributed by atoms with Crippen LogP contribution in [-0.4, -0.2) is 20.2 Å². The monoisotopic (exact) mass is 401 g/mol. The smallest absolute Gasteiger partial charge is 0.268 e. The molecule has 0 bridgehead atoms. The van der Waals surface area contributed by atoms with Crippen molar-refractivity contribution in [1.29, 1.82) is 0 Å². The summed E-state index contributed by atoms with van der Waals surface area (Å²) in [5.74, 6) is -0.824. The van der Waals surface area contributed by atoms with Crippen LogP contribution in [0.3, 0.4) is 0 Å². The molecule has 0 atom stereocenters. The van der Waals surface area contributed by atoms with Crippen LogP contribution in [0.4, 0.5) is 10.1 Å². The van der Waals surface area contributed by atoms with Crippen LogP contribution in [0.1, 0.15) is 5.56 Å². The first kappa shape index (κ1) is 17.1. The highest BCUT2D eigenvalue weighted by Crippen LogP contribution is 2.37. The van der Waals surface area contributed by atoms with E-state index in [1.54, 1.807) is 18.5 Å². The van der Waals surface area contributed by atoms with Crippen LogP contribution in [0, 0.1) is 5.82 Å². The third kappa shape index (κ3) is 3.09. The maximum absolute atomic E-state index is 13.4. The van der Waals surface area contributed by atoms with Gasteiger partial charge in [-0.3, -0.25) is 19.7 Å². The van der Waals surface area contributed by atoms with Gasteiger partial charge in [0.05, 0.1) is 26.6 Å². The Bertz CT molecular complexity index is 1100. The Morgan fingerprint density at radius 2 is 1.88 bits per heavy atom. The topological polar surface area (TPSA) is 46.1 Å². The SMILES string of the molecule is O=C1C(=Cc2ccc3nccnc3c2)SC(=S)N1c1ccc(F)c(Cl)c1. The molecule has 0 N–H and O–H groups in total. The fraction of sp³-hybridized carbons (Fsp3) is 0. The minimum absolute atomic E-state index is 0.0615. The van der Waals surface area contributed by atoms with Crippen molar-refractivity contribution in [2.75, 3.05) is 4.90 Å². The number of hydrogen-bond acceptors (Lipinski definition) is 5. The molecule has 1 aliphatic heterocycles. The van der Waals surface area contributed by atoms with E-state index in [-0.39, 0.29) is 10.9 Å². The van der Waals surface area contributed by atoms with E-state index < -0.39 is 5.82 Å². The summed E-state index contributed by atoms with van der Waals surface area (Å²) < 4.78 is 13.7. The lowest BCUT2D eigenvalue weighted by Crippen LogP contribution is -2.27. The molecule has 1 fully saturated rings. The van der Waals surface area contributed by atoms with Crippen LogP contribution >= 0.6 is 35.6 Å². The predicted octanol–water partition coefficient (Wildman–Crippen LogP) is 4.83. The molecule has 1 saturated heterocycles. The molecule has 1 aromatic heterocycles. The number of carbonyl (C=O) groups is 1. The van der Waals surface area contributed by atoms with Gasteiger partial charge in [0.1, 0.15) is 5.82 Å². The van der Waals surface area contributed by atoms with E-state index in [1.807, 2.05) is 18.2 Å². The van der Waals surface area contributed by atoms with E-state index in [4.69, 9.17) is 23.8 Å². The summed E-state index contributed by atoms with van der Waals surface area (Å²) in [5.41, 5.74) is 2.77. The van der Waals surface area contributed by atoms with Crippen molar-refractivity contribution in [3.05, 3.63) is 70.1 Å². The van der Waals surface area contributed by atoms with Gasteiger partial charge in [-0.05, 0) is 42.0 Å². The molecular weight excluding hydrogens is 393 g/mol. The van der Waals surface area contributed by atoms with Crippen molar-refractivity contribution in [3.8, 4) is 0 Å². The van der Waals surface area contributed by atoms with Gasteiger partial charge in [-0.15, -0.1) is 0 Å². The zero-order valence-corrected chi connectivity index (χ0v) is 15.4. The minimum Gasteiger partial charge on any atom is -0.268 e. The van der Waals surface area contributed by atoms with Gasteiger partial charge >= 0.3 is 0 Å². The molecule has 128 valence electrons. The predicted molar refractivity (Wildman–Crippen MR) is 107 cm³/mol. The lowest BCUT2D eigenvalue weighted by Gasteiger charge is -2.14. The molecule has 26 heavy (non-hydrogen) atoms. The molecule has 0 aliphatic carbocycles. The fourth-order valence-electron chi connectivity index (χ4n) is 2.54. The summed E-state index contributed by atoms with van der Waals surface area (Å²) in [6.45, 7) is 0. The summed E-state index contributed by atoms with van der Waals surface area (Å²) in [6, 6.07) is 9.62. The average Bonchev–Trinajstić information content (AvgIpc) is 2.91. The van der Waals surface area contributed by atoms with Crippen molar-refractivity contribution in [2.24, 2.45) is 0 Å². The lowest BCUT2D eigenvalue weighted by atomic mass is 10.1. The highest BCUT2D eigenvalue weighted by Gasteiger charge is 2.33. The first-order valence-electron chi connectivity index (χ1n) is 7.47. The van der Waals surface area contributed by atoms with Gasteiger partial charge in [0.2, 0.25) is 0 Å². The maximum Gasteiger partial charge on any atom is 0.270 e. The standard InChI is InChI=1S/C18H9ClFN3OS2/c19-12-9-11(2-3-13(12)20)23-17(24)16(26-18(23)25)8-10-1-4-14-15(7-10)22-6-5-21-14/h1-9H. The van der Waals surface area contributed by atoms with Gasteiger partial charge in [-0.2, -0.15) is 0 Å². The van der Waals surface area contributed by atoms with Gasteiger partial charge in [-0.1, -0.05) is 41.6 Å². The molecule has 2 heterocycles. The molecule has 0 spiro atoms. The molecule has 8 heteroatoms. The van der Waals surface area contributed by atoms with Crippen LogP contribution in [-0.2, 0) is 4.79 Å². The van der Waals surface area contributed by atoms with Crippen LogP contribution in [0.5, 0.6) is 0 Å². The van der Waals surface area contributed by atoms with Crippen LogP contribution in [0.2, 0.25) is 5.02 Å². The summed E-state index contributed by atoms with van der Waals surface area (Å²) in [6.07, 6.45) is 4.99. The van der Waals surface area contributed by atoms with Crippen molar-refractivity contribution < 1.29 is 9.18 Å². The first-order chi connectivity index (χ1) is 12.5. The Morgan fingerprint density at radius 1 is 1.12 bits per heavy atom. The zero-order valence-electron chi connectivity index (χ0n) is 13.0. The number of carbonyl (C=O) groups excluding carboxylic acids is 1. The molecule has 1 amide bonds. The number of thiocarbonyl (C=S) groups is 1. The minimum atomic E-state index is -0.548. The number of rotatable bonds is 2. The Labute approximate surface area is 162 Å². The highest BCUT2D eigenvalue weighted by atomic mass is 35.5. The number of aromatic nitrogens is 2. The van der Waals surface area contributed by atoms with E-state index in [1.165, 1.54) is 34.9 Å². The second kappa shape index (κ2) is 6.75. The Hall–Kier alpha value is -2.35. The van der Waals surface area contributed by atoms with Gasteiger partial charge in [0.25, 0.3) is 5.91 Å². The fourth-order valence-corrected chi connectivity index (χ4v) is 4.01. The van der Waals surface area contributed by atoms with E-state index in [2.05, 4.69) is 9.97 Å². The summed E-state index contributed by atoms with van der Waals surface area (Å²) in [7, 11) is 0. The molecule has 4 rings (SSSR count). The van der Waals surface area contributed by atoms with Crippen molar-refractivity contribution in [2.45, 2.75) is 0 Å². The van der Waals surface area contributed by atoms with Gasteiger partial charge < -0.3 is 0 Å². The number of benzene rings is 2. The number of hydrogen-bond donors (Lipinski definition) is 0. The largest absolute Gasteiger partial charge is 0.270 e. The molecule has 0 saturated carbocycles. The Morgan fingerprint density at radius 3 is 2.65 bits per heavy atom. The van der Waals surface area contributed by atoms with E-state index in [0.717, 1.165) is 16.6 Å². The molecule has 0 unspecified atom stereocenters. The quantitative estimate of drug-likeness (QED) is 0.454. The van der Waals surface area contributed by atoms with Crippen LogP contribution in [0.25, 0.3) is 17.1 Å². The first-order valence-corrected chi connectivity index (χ1v) is 9.07. The summed E-state index contributed by atoms with van der Waals surface area (Å²) in [4.78, 5) is 23.1.